The van der Waals surface area contributed by atoms with Crippen LogP contribution in [0.4, 0.5) is 4.79 Å². The number of amides is 1. The Bertz CT molecular complexity index is 1550. The largest absolute Gasteiger partial charge is 0.481 e. The summed E-state index contributed by atoms with van der Waals surface area (Å²) in [5.41, 5.74) is 1.71. The minimum absolute atomic E-state index is 0.128. The lowest BCUT2D eigenvalue weighted by Gasteiger charge is -2.39. The highest BCUT2D eigenvalue weighted by Crippen LogP contribution is 2.33. The zero-order valence-electron chi connectivity index (χ0n) is 25.1. The van der Waals surface area contributed by atoms with Crippen LogP contribution in [0.25, 0.3) is 10.8 Å². The predicted molar refractivity (Wildman–Crippen MR) is 169 cm³/mol. The Morgan fingerprint density at radius 3 is 2.16 bits per heavy atom. The van der Waals surface area contributed by atoms with Gasteiger partial charge in [0.2, 0.25) is 0 Å². The van der Waals surface area contributed by atoms with E-state index in [1.807, 2.05) is 75.4 Å². The molecule has 6 heteroatoms. The fraction of sp³-hybridized carbons (Fsp3) is 0.324. The molecule has 0 spiro atoms. The molecule has 6 nitrogen and oxygen atoms in total. The van der Waals surface area contributed by atoms with Crippen LogP contribution in [-0.4, -0.2) is 49.0 Å². The van der Waals surface area contributed by atoms with Crippen LogP contribution in [-0.2, 0) is 16.1 Å². The summed E-state index contributed by atoms with van der Waals surface area (Å²) < 4.78 is 23.6. The van der Waals surface area contributed by atoms with Crippen molar-refractivity contribution in [3.63, 3.8) is 0 Å². The van der Waals surface area contributed by atoms with Crippen LogP contribution in [0.5, 0.6) is 11.5 Å². The van der Waals surface area contributed by atoms with Gasteiger partial charge in [0, 0.05) is 12.5 Å². The smallest absolute Gasteiger partial charge is 0.410 e. The summed E-state index contributed by atoms with van der Waals surface area (Å²) in [5.74, 6) is 7.65. The van der Waals surface area contributed by atoms with E-state index in [2.05, 4.69) is 54.3 Å². The standard InChI is InChI=1S/C37H39NO5/c1-37(2,3)43-36(39)38-22-21-34(35(26-38)42-27-28-15-16-29-11-7-8-12-31(29)25-28)30-17-19-33(20-18-30)41-24-10-9-23-40-32-13-5-4-6-14-32/h4-8,11-20,25,34-35H,21-24,26-27H2,1-3H3. The molecule has 1 amide bonds. The number of hydrogen-bond acceptors (Lipinski definition) is 5. The SMILES string of the molecule is CC(C)(C)OC(=O)N1CCC(c2ccc(OCC#CCOc3ccccc3)cc2)C(OCc2ccc3ccccc3c2)C1. The van der Waals surface area contributed by atoms with Gasteiger partial charge in [-0.25, -0.2) is 4.79 Å². The number of rotatable bonds is 8. The minimum atomic E-state index is -0.551. The second kappa shape index (κ2) is 14.1. The minimum Gasteiger partial charge on any atom is -0.481 e. The summed E-state index contributed by atoms with van der Waals surface area (Å²) in [5, 5.41) is 2.38. The Kier molecular flexibility index (Phi) is 9.86. The second-order valence-corrected chi connectivity index (χ2v) is 11.7. The molecule has 0 saturated carbocycles. The van der Waals surface area contributed by atoms with E-state index in [0.717, 1.165) is 29.0 Å². The predicted octanol–water partition coefficient (Wildman–Crippen LogP) is 7.61. The molecule has 1 aliphatic rings. The summed E-state index contributed by atoms with van der Waals surface area (Å²) in [4.78, 5) is 14.7. The number of ether oxygens (including phenoxy) is 4. The topological polar surface area (TPSA) is 57.2 Å². The van der Waals surface area contributed by atoms with Crippen molar-refractivity contribution in [3.05, 3.63) is 108 Å². The fourth-order valence-electron chi connectivity index (χ4n) is 5.16. The second-order valence-electron chi connectivity index (χ2n) is 11.7. The molecule has 0 radical (unpaired) electrons. The van der Waals surface area contributed by atoms with E-state index in [1.54, 1.807) is 4.90 Å². The molecule has 1 saturated heterocycles. The fourth-order valence-corrected chi connectivity index (χ4v) is 5.16. The zero-order chi connectivity index (χ0) is 30.1. The molecule has 4 aromatic carbocycles. The number of hydrogen-bond donors (Lipinski definition) is 0. The van der Waals surface area contributed by atoms with Crippen molar-refractivity contribution in [2.45, 2.75) is 51.4 Å². The van der Waals surface area contributed by atoms with E-state index >= 15 is 0 Å². The van der Waals surface area contributed by atoms with Crippen molar-refractivity contribution in [2.75, 3.05) is 26.3 Å². The average Bonchev–Trinajstić information content (AvgIpc) is 3.01. The molecule has 43 heavy (non-hydrogen) atoms. The van der Waals surface area contributed by atoms with E-state index in [4.69, 9.17) is 18.9 Å². The molecular weight excluding hydrogens is 538 g/mol. The van der Waals surface area contributed by atoms with Gasteiger partial charge in [-0.05, 0) is 79.4 Å². The zero-order valence-corrected chi connectivity index (χ0v) is 25.1. The van der Waals surface area contributed by atoms with E-state index in [1.165, 1.54) is 10.8 Å². The molecule has 4 aromatic rings. The number of para-hydroxylation sites is 1. The first kappa shape index (κ1) is 30.0. The van der Waals surface area contributed by atoms with Gasteiger partial charge in [-0.3, -0.25) is 0 Å². The lowest BCUT2D eigenvalue weighted by atomic mass is 9.87. The number of nitrogens with zero attached hydrogens (tertiary/aromatic N) is 1. The summed E-state index contributed by atoms with van der Waals surface area (Å²) in [7, 11) is 0. The van der Waals surface area contributed by atoms with Crippen LogP contribution in [0, 0.1) is 11.8 Å². The molecular formula is C37H39NO5. The monoisotopic (exact) mass is 577 g/mol. The van der Waals surface area contributed by atoms with Gasteiger partial charge in [-0.2, -0.15) is 0 Å². The maximum Gasteiger partial charge on any atom is 0.410 e. The first-order valence-corrected chi connectivity index (χ1v) is 14.8. The van der Waals surface area contributed by atoms with Gasteiger partial charge in [-0.15, -0.1) is 0 Å². The van der Waals surface area contributed by atoms with Crippen LogP contribution >= 0.6 is 0 Å². The number of carbonyl (C=O) groups excluding carboxylic acids is 1. The first-order chi connectivity index (χ1) is 20.8. The van der Waals surface area contributed by atoms with Crippen LogP contribution in [0.2, 0.25) is 0 Å². The van der Waals surface area contributed by atoms with Crippen molar-refractivity contribution in [2.24, 2.45) is 0 Å². The van der Waals surface area contributed by atoms with Gasteiger partial charge in [0.15, 0.2) is 0 Å². The highest BCUT2D eigenvalue weighted by Gasteiger charge is 2.35. The highest BCUT2D eigenvalue weighted by molar-refractivity contribution is 5.82. The Labute approximate surface area is 254 Å². The number of fused-ring (bicyclic) bond motifs is 1. The maximum absolute atomic E-state index is 12.9. The normalized spacial score (nSPS) is 16.7. The van der Waals surface area contributed by atoms with Gasteiger partial charge < -0.3 is 23.8 Å². The van der Waals surface area contributed by atoms with Crippen molar-refractivity contribution >= 4 is 16.9 Å². The van der Waals surface area contributed by atoms with E-state index < -0.39 is 5.60 Å². The van der Waals surface area contributed by atoms with Crippen LogP contribution in [0.3, 0.4) is 0 Å². The molecule has 0 aromatic heterocycles. The molecule has 0 aliphatic carbocycles. The Morgan fingerprint density at radius 1 is 0.814 bits per heavy atom. The number of piperidine rings is 1. The van der Waals surface area contributed by atoms with Crippen LogP contribution in [0.1, 0.15) is 44.2 Å². The molecule has 222 valence electrons. The lowest BCUT2D eigenvalue weighted by molar-refractivity contribution is -0.0359. The Balaban J connectivity index is 1.21. The molecule has 2 atom stereocenters. The quantitative estimate of drug-likeness (QED) is 0.202. The van der Waals surface area contributed by atoms with Gasteiger partial charge in [0.1, 0.15) is 30.3 Å². The van der Waals surface area contributed by atoms with Gasteiger partial charge >= 0.3 is 6.09 Å². The summed E-state index contributed by atoms with van der Waals surface area (Å²) in [6.07, 6.45) is 0.286. The first-order valence-electron chi connectivity index (χ1n) is 14.8. The van der Waals surface area contributed by atoms with Crippen molar-refractivity contribution < 1.29 is 23.7 Å². The molecule has 0 bridgehead atoms. The van der Waals surface area contributed by atoms with E-state index in [0.29, 0.717) is 26.3 Å². The van der Waals surface area contributed by atoms with E-state index in [9.17, 15) is 4.79 Å². The Hall–Kier alpha value is -4.47. The average molecular weight is 578 g/mol. The molecule has 2 unspecified atom stereocenters. The van der Waals surface area contributed by atoms with Crippen molar-refractivity contribution in [1.29, 1.82) is 0 Å². The van der Waals surface area contributed by atoms with Crippen LogP contribution < -0.4 is 9.47 Å². The third-order valence-corrected chi connectivity index (χ3v) is 7.29. The maximum atomic E-state index is 12.9. The summed E-state index contributed by atoms with van der Waals surface area (Å²) >= 11 is 0. The third kappa shape index (κ3) is 8.76. The van der Waals surface area contributed by atoms with E-state index in [-0.39, 0.29) is 24.7 Å². The molecule has 5 rings (SSSR count). The molecule has 1 fully saturated rings. The van der Waals surface area contributed by atoms with Gasteiger partial charge in [0.25, 0.3) is 0 Å². The Morgan fingerprint density at radius 2 is 1.47 bits per heavy atom. The van der Waals surface area contributed by atoms with Crippen LogP contribution in [0.15, 0.2) is 97.1 Å². The molecule has 1 heterocycles. The molecule has 1 aliphatic heterocycles. The molecule has 0 N–H and O–H groups in total. The number of likely N-dealkylation sites (tertiary alicyclic amines) is 1. The number of carbonyl (C=O) groups is 1. The van der Waals surface area contributed by atoms with Crippen molar-refractivity contribution in [1.82, 2.24) is 4.90 Å². The summed E-state index contributed by atoms with van der Waals surface area (Å²) in [6, 6.07) is 32.4. The van der Waals surface area contributed by atoms with Crippen molar-refractivity contribution in [3.8, 4) is 23.3 Å². The third-order valence-electron chi connectivity index (χ3n) is 7.29. The number of benzene rings is 4. The lowest BCUT2D eigenvalue weighted by Crippen LogP contribution is -2.48. The van der Waals surface area contributed by atoms with Gasteiger partial charge in [-0.1, -0.05) is 78.6 Å². The van der Waals surface area contributed by atoms with Gasteiger partial charge in [0.05, 0.1) is 19.3 Å². The highest BCUT2D eigenvalue weighted by atomic mass is 16.6. The summed E-state index contributed by atoms with van der Waals surface area (Å²) in [6.45, 7) is 7.79.